The number of hydrogen-bond acceptors (Lipinski definition) is 5. The van der Waals surface area contributed by atoms with Gasteiger partial charge in [-0.05, 0) is 31.4 Å². The molecule has 1 saturated heterocycles. The third kappa shape index (κ3) is 5.21. The first kappa shape index (κ1) is 21.0. The van der Waals surface area contributed by atoms with Crippen molar-refractivity contribution < 1.29 is 19.0 Å². The molecule has 0 aromatic heterocycles. The lowest BCUT2D eigenvalue weighted by atomic mass is 10.1. The summed E-state index contributed by atoms with van der Waals surface area (Å²) >= 11 is 0. The van der Waals surface area contributed by atoms with Crippen LogP contribution in [0, 0.1) is 0 Å². The van der Waals surface area contributed by atoms with Crippen LogP contribution in [0.2, 0.25) is 0 Å². The highest BCUT2D eigenvalue weighted by Gasteiger charge is 2.30. The van der Waals surface area contributed by atoms with Gasteiger partial charge in [0.2, 0.25) is 5.91 Å². The molecule has 1 fully saturated rings. The molecule has 1 N–H and O–H groups in total. The molecule has 6 nitrogen and oxygen atoms in total. The quantitative estimate of drug-likeness (QED) is 0.704. The minimum absolute atomic E-state index is 0.0742. The molecule has 0 spiro atoms. The Bertz CT molecular complexity index is 785. The highest BCUT2D eigenvalue weighted by molar-refractivity contribution is 5.82. The van der Waals surface area contributed by atoms with Gasteiger partial charge in [0.1, 0.15) is 17.2 Å². The maximum atomic E-state index is 12.8. The normalized spacial score (nSPS) is 16.4. The summed E-state index contributed by atoms with van der Waals surface area (Å²) in [5.41, 5.74) is 2.16. The highest BCUT2D eigenvalue weighted by Crippen LogP contribution is 2.34. The first-order valence-electron chi connectivity index (χ1n) is 10.0. The SMILES string of the molecule is COc1cc(OC)c(CCNC(=O)C2CCCN2Cc2ccccc2)c(OC)c1. The lowest BCUT2D eigenvalue weighted by Gasteiger charge is -2.24. The number of carbonyl (C=O) groups excluding carboxylic acids is 1. The van der Waals surface area contributed by atoms with Crippen molar-refractivity contribution in [1.29, 1.82) is 0 Å². The van der Waals surface area contributed by atoms with Gasteiger partial charge in [0.15, 0.2) is 0 Å². The van der Waals surface area contributed by atoms with Crippen molar-refractivity contribution in [1.82, 2.24) is 10.2 Å². The summed E-state index contributed by atoms with van der Waals surface area (Å²) in [6, 6.07) is 13.9. The number of ether oxygens (including phenoxy) is 3. The Kier molecular flexibility index (Phi) is 7.36. The zero-order valence-electron chi connectivity index (χ0n) is 17.4. The Hall–Kier alpha value is -2.73. The van der Waals surface area contributed by atoms with Crippen LogP contribution >= 0.6 is 0 Å². The molecule has 1 heterocycles. The average molecular weight is 399 g/mol. The molecule has 0 bridgehead atoms. The van der Waals surface area contributed by atoms with E-state index in [1.54, 1.807) is 21.3 Å². The van der Waals surface area contributed by atoms with E-state index in [4.69, 9.17) is 14.2 Å². The largest absolute Gasteiger partial charge is 0.496 e. The number of nitrogens with one attached hydrogen (secondary N) is 1. The molecule has 2 aromatic carbocycles. The van der Waals surface area contributed by atoms with Crippen LogP contribution in [0.3, 0.4) is 0 Å². The Balaban J connectivity index is 1.59. The molecule has 0 aliphatic carbocycles. The van der Waals surface area contributed by atoms with Crippen molar-refractivity contribution in [3.8, 4) is 17.2 Å². The van der Waals surface area contributed by atoms with E-state index < -0.39 is 0 Å². The van der Waals surface area contributed by atoms with Gasteiger partial charge >= 0.3 is 0 Å². The van der Waals surface area contributed by atoms with Gasteiger partial charge in [-0.3, -0.25) is 9.69 Å². The molecule has 0 saturated carbocycles. The Labute approximate surface area is 172 Å². The van der Waals surface area contributed by atoms with E-state index in [1.807, 2.05) is 30.3 Å². The second kappa shape index (κ2) is 10.2. The van der Waals surface area contributed by atoms with Crippen molar-refractivity contribution >= 4 is 5.91 Å². The standard InChI is InChI=1S/C23H30N2O4/c1-27-18-14-21(28-2)19(22(15-18)29-3)11-12-24-23(26)20-10-7-13-25(20)16-17-8-5-4-6-9-17/h4-6,8-9,14-15,20H,7,10-13,16H2,1-3H3,(H,24,26). The average Bonchev–Trinajstić information content (AvgIpc) is 3.22. The van der Waals surface area contributed by atoms with Gasteiger partial charge in [0, 0.05) is 30.8 Å². The Morgan fingerprint density at radius 2 is 1.76 bits per heavy atom. The zero-order chi connectivity index (χ0) is 20.6. The third-order valence-electron chi connectivity index (χ3n) is 5.39. The minimum atomic E-state index is -0.0742. The van der Waals surface area contributed by atoms with Crippen molar-refractivity contribution in [2.24, 2.45) is 0 Å². The molecule has 1 amide bonds. The maximum Gasteiger partial charge on any atom is 0.237 e. The van der Waals surface area contributed by atoms with Crippen molar-refractivity contribution in [2.75, 3.05) is 34.4 Å². The molecule has 156 valence electrons. The summed E-state index contributed by atoms with van der Waals surface area (Å²) < 4.78 is 16.3. The van der Waals surface area contributed by atoms with Crippen LogP contribution in [0.25, 0.3) is 0 Å². The Morgan fingerprint density at radius 3 is 2.38 bits per heavy atom. The fraction of sp³-hybridized carbons (Fsp3) is 0.435. The van der Waals surface area contributed by atoms with Crippen LogP contribution in [-0.2, 0) is 17.8 Å². The summed E-state index contributed by atoms with van der Waals surface area (Å²) in [6.07, 6.45) is 2.56. The van der Waals surface area contributed by atoms with Crippen molar-refractivity contribution in [3.63, 3.8) is 0 Å². The number of nitrogens with zero attached hydrogens (tertiary/aromatic N) is 1. The lowest BCUT2D eigenvalue weighted by Crippen LogP contribution is -2.43. The highest BCUT2D eigenvalue weighted by atomic mass is 16.5. The van der Waals surface area contributed by atoms with Crippen LogP contribution in [0.1, 0.15) is 24.0 Å². The van der Waals surface area contributed by atoms with E-state index in [0.717, 1.165) is 31.5 Å². The molecule has 3 rings (SSSR count). The summed E-state index contributed by atoms with van der Waals surface area (Å²) in [5, 5.41) is 3.10. The van der Waals surface area contributed by atoms with E-state index in [2.05, 4.69) is 22.3 Å². The number of carbonyl (C=O) groups is 1. The third-order valence-corrected chi connectivity index (χ3v) is 5.39. The summed E-state index contributed by atoms with van der Waals surface area (Å²) in [4.78, 5) is 15.1. The van der Waals surface area contributed by atoms with Gasteiger partial charge in [-0.2, -0.15) is 0 Å². The van der Waals surface area contributed by atoms with Crippen LogP contribution in [0.4, 0.5) is 0 Å². The van der Waals surface area contributed by atoms with Crippen molar-refractivity contribution in [3.05, 3.63) is 53.6 Å². The minimum Gasteiger partial charge on any atom is -0.496 e. The fourth-order valence-corrected chi connectivity index (χ4v) is 3.88. The molecule has 0 radical (unpaired) electrons. The smallest absolute Gasteiger partial charge is 0.237 e. The molecular weight excluding hydrogens is 368 g/mol. The predicted octanol–water partition coefficient (Wildman–Crippen LogP) is 3.04. The van der Waals surface area contributed by atoms with Gasteiger partial charge in [-0.1, -0.05) is 30.3 Å². The Morgan fingerprint density at radius 1 is 1.07 bits per heavy atom. The molecule has 2 aromatic rings. The first-order chi connectivity index (χ1) is 14.2. The number of hydrogen-bond donors (Lipinski definition) is 1. The fourth-order valence-electron chi connectivity index (χ4n) is 3.88. The second-order valence-corrected chi connectivity index (χ2v) is 7.17. The van der Waals surface area contributed by atoms with Gasteiger partial charge in [-0.25, -0.2) is 0 Å². The van der Waals surface area contributed by atoms with E-state index in [1.165, 1.54) is 5.56 Å². The summed E-state index contributed by atoms with van der Waals surface area (Å²) in [5.74, 6) is 2.16. The molecule has 1 atom stereocenters. The number of benzene rings is 2. The number of rotatable bonds is 9. The number of methoxy groups -OCH3 is 3. The molecule has 1 unspecified atom stereocenters. The number of likely N-dealkylation sites (tertiary alicyclic amines) is 1. The monoisotopic (exact) mass is 398 g/mol. The van der Waals surface area contributed by atoms with E-state index in [-0.39, 0.29) is 11.9 Å². The summed E-state index contributed by atoms with van der Waals surface area (Å²) in [6.45, 7) is 2.28. The van der Waals surface area contributed by atoms with Gasteiger partial charge in [0.05, 0.1) is 27.4 Å². The lowest BCUT2D eigenvalue weighted by molar-refractivity contribution is -0.125. The van der Waals surface area contributed by atoms with Gasteiger partial charge in [0.25, 0.3) is 0 Å². The molecule has 1 aliphatic rings. The van der Waals surface area contributed by atoms with Crippen LogP contribution in [0.15, 0.2) is 42.5 Å². The van der Waals surface area contributed by atoms with Crippen LogP contribution < -0.4 is 19.5 Å². The summed E-state index contributed by atoms with van der Waals surface area (Å²) in [7, 11) is 4.85. The maximum absolute atomic E-state index is 12.8. The van der Waals surface area contributed by atoms with Crippen molar-refractivity contribution in [2.45, 2.75) is 31.8 Å². The molecular formula is C23H30N2O4. The van der Waals surface area contributed by atoms with E-state index in [9.17, 15) is 4.79 Å². The van der Waals surface area contributed by atoms with E-state index >= 15 is 0 Å². The van der Waals surface area contributed by atoms with Crippen LogP contribution in [-0.4, -0.2) is 51.3 Å². The predicted molar refractivity (Wildman–Crippen MR) is 113 cm³/mol. The topological polar surface area (TPSA) is 60.0 Å². The van der Waals surface area contributed by atoms with Crippen LogP contribution in [0.5, 0.6) is 17.2 Å². The van der Waals surface area contributed by atoms with Gasteiger partial charge in [-0.15, -0.1) is 0 Å². The molecule has 6 heteroatoms. The van der Waals surface area contributed by atoms with Gasteiger partial charge < -0.3 is 19.5 Å². The van der Waals surface area contributed by atoms with E-state index in [0.29, 0.717) is 30.2 Å². The zero-order valence-corrected chi connectivity index (χ0v) is 17.4. The first-order valence-corrected chi connectivity index (χ1v) is 10.0. The number of amides is 1. The molecule has 29 heavy (non-hydrogen) atoms. The second-order valence-electron chi connectivity index (χ2n) is 7.17. The molecule has 1 aliphatic heterocycles.